The van der Waals surface area contributed by atoms with E-state index in [0.29, 0.717) is 4.88 Å². The number of nitrogens with zero attached hydrogens (tertiary/aromatic N) is 9. The van der Waals surface area contributed by atoms with E-state index in [1.807, 2.05) is 24.3 Å². The van der Waals surface area contributed by atoms with Crippen molar-refractivity contribution >= 4 is 63.9 Å². The molecule has 0 radical (unpaired) electrons. The predicted molar refractivity (Wildman–Crippen MR) is 273 cm³/mol. The molecule has 0 fully saturated rings. The van der Waals surface area contributed by atoms with Crippen LogP contribution in [-0.2, 0) is 0 Å². The molecule has 0 saturated carbocycles. The molecule has 0 atom stereocenters. The van der Waals surface area contributed by atoms with Crippen LogP contribution in [0.5, 0.6) is 11.5 Å². The van der Waals surface area contributed by atoms with Crippen LogP contribution in [-0.4, -0.2) is 40.4 Å². The van der Waals surface area contributed by atoms with Gasteiger partial charge in [-0.15, -0.1) is 22.7 Å². The molecule has 0 aliphatic heterocycles. The van der Waals surface area contributed by atoms with E-state index in [9.17, 15) is 5.26 Å². The number of nitriles is 4. The first-order valence-electron chi connectivity index (χ1n) is 21.8. The number of unbranched alkanes of at least 4 members (excludes halogenated alkanes) is 4. The van der Waals surface area contributed by atoms with E-state index < -0.39 is 11.4 Å². The lowest BCUT2D eigenvalue weighted by atomic mass is 10.1. The lowest BCUT2D eigenvalue weighted by Gasteiger charge is -2.25. The molecule has 0 amide bonds. The van der Waals surface area contributed by atoms with Crippen LogP contribution in [0.4, 0.5) is 11.4 Å². The second kappa shape index (κ2) is 32.1. The van der Waals surface area contributed by atoms with E-state index in [0.717, 1.165) is 79.4 Å². The van der Waals surface area contributed by atoms with Crippen LogP contribution in [0.25, 0.3) is 44.4 Å². The lowest BCUT2D eigenvalue weighted by molar-refractivity contribution is 0.413. The molecule has 338 valence electrons. The maximum absolute atomic E-state index is 9.34. The monoisotopic (exact) mass is 915 g/mol. The number of ether oxygens (including phenoxy) is 2. The van der Waals surface area contributed by atoms with Crippen LogP contribution in [0.1, 0.15) is 105 Å². The SMILES string of the molecule is CCCCN(CCCC)c1ccc(/C=C/c2cccs2)c(OC)c1.[C-]#[N+]/C(C#N)=C(/C#N)c1ccc(/C=C/c2ccc(N(CCCC)CCCC)cc2OC)s1.[C-]#[N+]C([N+]#[C-])=C(C#N)C#N. The van der Waals surface area contributed by atoms with Crippen LogP contribution in [0.2, 0.25) is 0 Å². The Kier molecular flexibility index (Phi) is 26.6. The molecule has 13 heteroatoms. The molecule has 4 rings (SSSR count). The van der Waals surface area contributed by atoms with Crippen LogP contribution in [0.3, 0.4) is 0 Å². The second-order valence-corrected chi connectivity index (χ2v) is 16.4. The Balaban J connectivity index is 0.000000386. The summed E-state index contributed by atoms with van der Waals surface area (Å²) in [6.07, 6.45) is 17.8. The molecular formula is C53H57N9O2S2. The summed E-state index contributed by atoms with van der Waals surface area (Å²) in [4.78, 5) is 16.2. The third-order valence-corrected chi connectivity index (χ3v) is 11.7. The molecule has 0 aliphatic carbocycles. The van der Waals surface area contributed by atoms with Crippen LogP contribution < -0.4 is 19.3 Å². The van der Waals surface area contributed by atoms with Gasteiger partial charge in [-0.3, -0.25) is 0 Å². The van der Waals surface area contributed by atoms with Crippen molar-refractivity contribution < 1.29 is 9.47 Å². The van der Waals surface area contributed by atoms with Gasteiger partial charge in [-0.25, -0.2) is 10.1 Å². The zero-order chi connectivity index (χ0) is 48.5. The van der Waals surface area contributed by atoms with Gasteiger partial charge >= 0.3 is 5.82 Å². The predicted octanol–water partition coefficient (Wildman–Crippen LogP) is 14.4. The Morgan fingerprint density at radius 2 is 1.09 bits per heavy atom. The molecule has 4 aromatic rings. The van der Waals surface area contributed by atoms with Gasteiger partial charge in [-0.2, -0.15) is 25.5 Å². The summed E-state index contributed by atoms with van der Waals surface area (Å²) in [5.74, 6) is 1.29. The Morgan fingerprint density at radius 3 is 1.44 bits per heavy atom. The summed E-state index contributed by atoms with van der Waals surface area (Å²) < 4.78 is 11.3. The minimum absolute atomic E-state index is 0.119. The Labute approximate surface area is 400 Å². The van der Waals surface area contributed by atoms with Crippen molar-refractivity contribution in [3.8, 4) is 35.8 Å². The number of methoxy groups -OCH3 is 2. The first kappa shape index (κ1) is 54.6. The normalized spacial score (nSPS) is 10.4. The maximum Gasteiger partial charge on any atom is 0.548 e. The number of thiophene rings is 2. The maximum atomic E-state index is 9.34. The van der Waals surface area contributed by atoms with Crippen molar-refractivity contribution in [3.63, 3.8) is 0 Å². The number of rotatable bonds is 21. The van der Waals surface area contributed by atoms with Gasteiger partial charge in [-0.1, -0.05) is 59.4 Å². The zero-order valence-corrected chi connectivity index (χ0v) is 40.4. The molecule has 0 bridgehead atoms. The molecule has 66 heavy (non-hydrogen) atoms. The number of hydrogen-bond acceptors (Lipinski definition) is 10. The summed E-state index contributed by atoms with van der Waals surface area (Å²) in [6, 6.07) is 27.4. The second-order valence-electron chi connectivity index (χ2n) is 14.3. The topological polar surface area (TPSA) is 133 Å². The molecule has 0 saturated heterocycles. The van der Waals surface area contributed by atoms with Crippen molar-refractivity contribution in [2.45, 2.75) is 79.1 Å². The highest BCUT2D eigenvalue weighted by atomic mass is 32.1. The Hall–Kier alpha value is -7.57. The van der Waals surface area contributed by atoms with Gasteiger partial charge in [0.1, 0.15) is 36.8 Å². The Morgan fingerprint density at radius 1 is 0.606 bits per heavy atom. The standard InChI is InChI=1S/C26H28N4OS.C21H29NOS.C6N4/c1-5-7-15-30(16-8-6-2)21-11-9-20(25(17-21)31-4)10-12-22-13-14-26(32-22)23(18-27)24(19-28)29-3;1-4-6-14-22(15-7-5-2)19-12-10-18(21(17-19)23-3)11-13-20-9-8-16-24-20;1-9-6(10-2)5(3-7)4-8/h9-14,17H,5-8,15-16H2,1-2,4H3;8-13,16-17H,4-7,14-15H2,1-3H3;/b12-10+,24-23-;13-11+;. The molecule has 0 unspecified atom stereocenters. The molecule has 2 aromatic carbocycles. The Bertz CT molecular complexity index is 2470. The van der Waals surface area contributed by atoms with Gasteiger partial charge in [-0.05, 0) is 97.8 Å². The highest BCUT2D eigenvalue weighted by molar-refractivity contribution is 7.14. The van der Waals surface area contributed by atoms with E-state index in [1.165, 1.54) is 65.4 Å². The van der Waals surface area contributed by atoms with Gasteiger partial charge in [0.25, 0.3) is 5.70 Å². The fourth-order valence-electron chi connectivity index (χ4n) is 6.13. The first-order chi connectivity index (χ1) is 32.2. The smallest absolute Gasteiger partial charge is 0.496 e. The van der Waals surface area contributed by atoms with Gasteiger partial charge in [0.2, 0.25) is 5.57 Å². The van der Waals surface area contributed by atoms with Crippen molar-refractivity contribution in [2.75, 3.05) is 50.2 Å². The third kappa shape index (κ3) is 17.9. The highest BCUT2D eigenvalue weighted by Crippen LogP contribution is 2.32. The fraction of sp³-hybridized carbons (Fsp3) is 0.340. The molecule has 0 N–H and O–H groups in total. The average Bonchev–Trinajstić information content (AvgIpc) is 4.07. The first-order valence-corrected chi connectivity index (χ1v) is 23.5. The van der Waals surface area contributed by atoms with E-state index in [-0.39, 0.29) is 11.3 Å². The van der Waals surface area contributed by atoms with Gasteiger partial charge < -0.3 is 19.3 Å². The van der Waals surface area contributed by atoms with E-state index in [4.69, 9.17) is 45.0 Å². The molecule has 0 aliphatic rings. The highest BCUT2D eigenvalue weighted by Gasteiger charge is 2.14. The fourth-order valence-corrected chi connectivity index (χ4v) is 7.66. The number of benzene rings is 2. The molecule has 0 spiro atoms. The van der Waals surface area contributed by atoms with Crippen molar-refractivity contribution in [1.82, 2.24) is 0 Å². The van der Waals surface area contributed by atoms with Crippen LogP contribution in [0, 0.1) is 65.0 Å². The quantitative estimate of drug-likeness (QED) is 0.0596. The molecule has 2 aromatic heterocycles. The van der Waals surface area contributed by atoms with Gasteiger partial charge in [0.15, 0.2) is 0 Å². The van der Waals surface area contributed by atoms with Crippen LogP contribution in [0.15, 0.2) is 83.1 Å². The average molecular weight is 916 g/mol. The number of anilines is 2. The third-order valence-electron chi connectivity index (χ3n) is 9.79. The minimum atomic E-state index is -0.468. The zero-order valence-electron chi connectivity index (χ0n) is 38.8. The number of allylic oxidation sites excluding steroid dienone is 3. The number of hydrogen-bond donors (Lipinski definition) is 0. The van der Waals surface area contributed by atoms with Gasteiger partial charge in [0.05, 0.1) is 38.5 Å². The van der Waals surface area contributed by atoms with Crippen molar-refractivity contribution in [3.05, 3.63) is 143 Å². The molecule has 2 heterocycles. The summed E-state index contributed by atoms with van der Waals surface area (Å²) in [7, 11) is 3.43. The molecular weight excluding hydrogens is 859 g/mol. The van der Waals surface area contributed by atoms with E-state index in [2.05, 4.69) is 118 Å². The molecule has 11 nitrogen and oxygen atoms in total. The lowest BCUT2D eigenvalue weighted by Crippen LogP contribution is -2.25. The summed E-state index contributed by atoms with van der Waals surface area (Å²) in [6.45, 7) is 33.0. The largest absolute Gasteiger partial charge is 0.548 e. The van der Waals surface area contributed by atoms with Crippen molar-refractivity contribution in [2.24, 2.45) is 0 Å². The van der Waals surface area contributed by atoms with E-state index in [1.54, 1.807) is 37.7 Å². The van der Waals surface area contributed by atoms with Crippen LogP contribution >= 0.6 is 22.7 Å². The van der Waals surface area contributed by atoms with Gasteiger partial charge in [0, 0.05) is 75.4 Å². The summed E-state index contributed by atoms with van der Waals surface area (Å²) >= 11 is 3.12. The minimum Gasteiger partial charge on any atom is -0.496 e. The van der Waals surface area contributed by atoms with Crippen molar-refractivity contribution in [1.29, 1.82) is 21.0 Å². The van der Waals surface area contributed by atoms with E-state index >= 15 is 0 Å². The summed E-state index contributed by atoms with van der Waals surface area (Å²) in [5, 5.41) is 36.8. The summed E-state index contributed by atoms with van der Waals surface area (Å²) in [5.41, 5.74) is 4.04.